The molecule has 0 radical (unpaired) electrons. The number of esters is 1. The topological polar surface area (TPSA) is 58.9 Å². The van der Waals surface area contributed by atoms with Crippen LogP contribution in [0.4, 0.5) is 0 Å². The zero-order chi connectivity index (χ0) is 9.47. The Morgan fingerprint density at radius 1 is 1.77 bits per heavy atom. The molecule has 0 aromatic heterocycles. The van der Waals surface area contributed by atoms with E-state index in [1.54, 1.807) is 6.08 Å². The van der Waals surface area contributed by atoms with Gasteiger partial charge < -0.3 is 9.84 Å². The zero-order valence-electron chi connectivity index (χ0n) is 7.19. The first-order valence-corrected chi connectivity index (χ1v) is 4.25. The Hall–Kier alpha value is -1.16. The predicted molar refractivity (Wildman–Crippen MR) is 46.3 cm³/mol. The number of aliphatic hydroxyl groups is 1. The minimum atomic E-state index is -0.798. The lowest BCUT2D eigenvalue weighted by atomic mass is 9.97. The van der Waals surface area contributed by atoms with Crippen LogP contribution in [0, 0.1) is 0 Å². The van der Waals surface area contributed by atoms with Crippen LogP contribution in [0.25, 0.3) is 0 Å². The van der Waals surface area contributed by atoms with Crippen LogP contribution in [0.3, 0.4) is 0 Å². The van der Waals surface area contributed by atoms with Gasteiger partial charge in [0.15, 0.2) is 5.60 Å². The van der Waals surface area contributed by atoms with Gasteiger partial charge in [0.25, 0.3) is 0 Å². The number of aliphatic hydroxyl groups excluding tert-OH is 1. The maximum absolute atomic E-state index is 11.0. The van der Waals surface area contributed by atoms with Crippen LogP contribution >= 0.6 is 0 Å². The zero-order valence-corrected chi connectivity index (χ0v) is 7.19. The lowest BCUT2D eigenvalue weighted by Crippen LogP contribution is -2.34. The predicted octanol–water partition coefficient (Wildman–Crippen LogP) is 0.411. The van der Waals surface area contributed by atoms with Crippen molar-refractivity contribution in [2.75, 3.05) is 0 Å². The quantitative estimate of drug-likeness (QED) is 0.471. The number of allylic oxidation sites excluding steroid dienone is 1. The maximum Gasteiger partial charge on any atom is 0.309 e. The molecule has 0 aromatic carbocycles. The molecule has 1 saturated heterocycles. The van der Waals surface area contributed by atoms with Gasteiger partial charge >= 0.3 is 5.97 Å². The van der Waals surface area contributed by atoms with Gasteiger partial charge in [0.2, 0.25) is 0 Å². The monoisotopic (exact) mass is 181 g/mol. The van der Waals surface area contributed by atoms with Crippen LogP contribution in [0.15, 0.2) is 16.8 Å². The summed E-state index contributed by atoms with van der Waals surface area (Å²) < 4.78 is 5.10. The molecule has 13 heavy (non-hydrogen) atoms. The fraction of sp³-hybridized carbons (Fsp3) is 0.556. The summed E-state index contributed by atoms with van der Waals surface area (Å²) in [5.41, 5.74) is 0.00176. The summed E-state index contributed by atoms with van der Waals surface area (Å²) in [5.74, 6) is -0.339. The van der Waals surface area contributed by atoms with Crippen LogP contribution in [0.1, 0.15) is 19.3 Å². The molecule has 1 N–H and O–H groups in total. The van der Waals surface area contributed by atoms with Crippen LogP contribution in [0.2, 0.25) is 0 Å². The average molecular weight is 181 g/mol. The van der Waals surface area contributed by atoms with Crippen LogP contribution in [-0.2, 0) is 9.53 Å². The molecule has 2 rings (SSSR count). The third-order valence-corrected chi connectivity index (χ3v) is 2.61. The molecule has 4 nitrogen and oxygen atoms in total. The molecule has 0 saturated carbocycles. The molecule has 0 aromatic rings. The second-order valence-electron chi connectivity index (χ2n) is 3.44. The fourth-order valence-corrected chi connectivity index (χ4v) is 1.87. The number of ether oxygens (including phenoxy) is 1. The highest BCUT2D eigenvalue weighted by Gasteiger charge is 2.49. The summed E-state index contributed by atoms with van der Waals surface area (Å²) in [4.78, 5) is 14.7. The Kier molecular flexibility index (Phi) is 1.73. The summed E-state index contributed by atoms with van der Waals surface area (Å²) >= 11 is 0. The van der Waals surface area contributed by atoms with Gasteiger partial charge in [0, 0.05) is 5.70 Å². The average Bonchev–Trinajstić information content (AvgIpc) is 2.59. The van der Waals surface area contributed by atoms with Crippen molar-refractivity contribution in [3.8, 4) is 0 Å². The molecule has 1 aliphatic carbocycles. The Morgan fingerprint density at radius 2 is 2.54 bits per heavy atom. The van der Waals surface area contributed by atoms with Gasteiger partial charge in [-0.3, -0.25) is 9.79 Å². The van der Waals surface area contributed by atoms with Crippen molar-refractivity contribution < 1.29 is 14.6 Å². The molecule has 2 unspecified atom stereocenters. The molecule has 1 fully saturated rings. The number of hydrogen-bond donors (Lipinski definition) is 1. The second-order valence-corrected chi connectivity index (χ2v) is 3.44. The molecule has 4 heteroatoms. The van der Waals surface area contributed by atoms with E-state index in [0.29, 0.717) is 12.8 Å². The van der Waals surface area contributed by atoms with Crippen molar-refractivity contribution in [2.24, 2.45) is 4.99 Å². The third-order valence-electron chi connectivity index (χ3n) is 2.61. The largest absolute Gasteiger partial charge is 0.452 e. The summed E-state index contributed by atoms with van der Waals surface area (Å²) in [5, 5.41) is 9.61. The Labute approximate surface area is 75.9 Å². The molecule has 2 aliphatic rings. The van der Waals surface area contributed by atoms with Gasteiger partial charge in [-0.1, -0.05) is 0 Å². The fourth-order valence-electron chi connectivity index (χ4n) is 1.87. The molecule has 1 heterocycles. The lowest BCUT2D eigenvalue weighted by molar-refractivity contribution is -0.146. The van der Waals surface area contributed by atoms with Gasteiger partial charge in [0.05, 0.1) is 6.42 Å². The van der Waals surface area contributed by atoms with Crippen LogP contribution in [0.5, 0.6) is 0 Å². The first-order valence-electron chi connectivity index (χ1n) is 4.25. The number of rotatable bonds is 1. The molecule has 0 bridgehead atoms. The third kappa shape index (κ3) is 1.18. The van der Waals surface area contributed by atoms with Gasteiger partial charge in [-0.15, -0.1) is 0 Å². The molecule has 70 valence electrons. The number of nitrogens with zero attached hydrogens (tertiary/aromatic N) is 1. The number of carbonyl (C=O) groups excluding carboxylic acids is 1. The van der Waals surface area contributed by atoms with E-state index in [1.807, 2.05) is 0 Å². The van der Waals surface area contributed by atoms with Crippen molar-refractivity contribution in [3.05, 3.63) is 11.8 Å². The minimum absolute atomic E-state index is 0.0842. The van der Waals surface area contributed by atoms with Crippen LogP contribution < -0.4 is 0 Å². The Morgan fingerprint density at radius 3 is 3.00 bits per heavy atom. The number of hydrogen-bond acceptors (Lipinski definition) is 4. The van der Waals surface area contributed by atoms with E-state index in [9.17, 15) is 9.90 Å². The highest BCUT2D eigenvalue weighted by Crippen LogP contribution is 2.40. The van der Waals surface area contributed by atoms with Gasteiger partial charge in [-0.25, -0.2) is 0 Å². The number of aliphatic imine (C=N–C) groups is 1. The van der Waals surface area contributed by atoms with Crippen molar-refractivity contribution in [3.63, 3.8) is 0 Å². The molecule has 1 spiro atoms. The molecule has 2 atom stereocenters. The highest BCUT2D eigenvalue weighted by atomic mass is 16.6. The van der Waals surface area contributed by atoms with E-state index >= 15 is 0 Å². The van der Waals surface area contributed by atoms with E-state index in [-0.39, 0.29) is 12.4 Å². The van der Waals surface area contributed by atoms with Crippen LogP contribution in [-0.4, -0.2) is 29.5 Å². The van der Waals surface area contributed by atoms with Gasteiger partial charge in [-0.05, 0) is 25.6 Å². The minimum Gasteiger partial charge on any atom is -0.452 e. The lowest BCUT2D eigenvalue weighted by Gasteiger charge is -2.22. The summed E-state index contributed by atoms with van der Waals surface area (Å²) in [7, 11) is 0. The molecular formula is C9H11NO3. The first kappa shape index (κ1) is 8.44. The van der Waals surface area contributed by atoms with E-state index < -0.39 is 11.7 Å². The summed E-state index contributed by atoms with van der Waals surface area (Å²) in [6, 6.07) is 0. The number of carbonyl (C=O) groups is 1. The molecule has 0 amide bonds. The summed E-state index contributed by atoms with van der Waals surface area (Å²) in [6.45, 7) is 3.40. The van der Waals surface area contributed by atoms with Crippen molar-refractivity contribution >= 4 is 12.7 Å². The van der Waals surface area contributed by atoms with Crippen molar-refractivity contribution in [1.29, 1.82) is 0 Å². The smallest absolute Gasteiger partial charge is 0.309 e. The van der Waals surface area contributed by atoms with E-state index in [4.69, 9.17) is 4.74 Å². The maximum atomic E-state index is 11.0. The molecular weight excluding hydrogens is 170 g/mol. The highest BCUT2D eigenvalue weighted by molar-refractivity contribution is 5.74. The summed E-state index contributed by atoms with van der Waals surface area (Å²) in [6.07, 6.45) is 2.41. The standard InChI is InChI=1S/C9H11NO3/c1-10-6-2-3-9(5-6)7(11)4-8(12)13-9/h5,7,11H,1-4H2. The van der Waals surface area contributed by atoms with E-state index in [0.717, 1.165) is 5.70 Å². The van der Waals surface area contributed by atoms with E-state index in [2.05, 4.69) is 11.7 Å². The van der Waals surface area contributed by atoms with Crippen molar-refractivity contribution in [2.45, 2.75) is 31.0 Å². The Balaban J connectivity index is 2.27. The second kappa shape index (κ2) is 2.67. The SMILES string of the molecule is C=NC1=CC2(CC1)OC(=O)CC2O. The van der Waals surface area contributed by atoms with Gasteiger partial charge in [-0.2, -0.15) is 0 Å². The Bertz CT molecular complexity index is 297. The van der Waals surface area contributed by atoms with Crippen molar-refractivity contribution in [1.82, 2.24) is 0 Å². The van der Waals surface area contributed by atoms with E-state index in [1.165, 1.54) is 0 Å². The van der Waals surface area contributed by atoms with Gasteiger partial charge in [0.1, 0.15) is 6.10 Å². The molecule has 1 aliphatic heterocycles. The first-order chi connectivity index (χ1) is 6.16. The normalized spacial score (nSPS) is 37.8.